The molecule has 1 rings (SSSR count). The third kappa shape index (κ3) is 2.15. The first-order chi connectivity index (χ1) is 6.54. The monoisotopic (exact) mass is 205 g/mol. The fourth-order valence-electron chi connectivity index (χ4n) is 0.749. The molecule has 0 atom stereocenters. The lowest BCUT2D eigenvalue weighted by Crippen LogP contribution is -2.22. The van der Waals surface area contributed by atoms with Gasteiger partial charge in [0, 0.05) is 19.2 Å². The molecule has 0 aliphatic rings. The van der Waals surface area contributed by atoms with E-state index in [-0.39, 0.29) is 0 Å². The lowest BCUT2D eigenvalue weighted by atomic mass is 10.3. The molecule has 0 heterocycles. The van der Waals surface area contributed by atoms with Gasteiger partial charge in [-0.3, -0.25) is 0 Å². The van der Waals surface area contributed by atoms with Crippen molar-refractivity contribution in [2.45, 2.75) is 0 Å². The second kappa shape index (κ2) is 3.99. The van der Waals surface area contributed by atoms with Crippen molar-refractivity contribution in [1.29, 1.82) is 0 Å². The van der Waals surface area contributed by atoms with Crippen LogP contribution in [0.5, 0.6) is 5.75 Å². The van der Waals surface area contributed by atoms with Gasteiger partial charge >= 0.3 is 6.09 Å². The SMILES string of the molecule is CNC(=O)Oc1cc(F)c(F)c(F)c1. The summed E-state index contributed by atoms with van der Waals surface area (Å²) in [6.07, 6.45) is -0.893. The molecule has 0 radical (unpaired) electrons. The van der Waals surface area contributed by atoms with Gasteiger partial charge in [0.25, 0.3) is 0 Å². The molecular formula is C8H6F3NO2. The molecule has 1 aromatic carbocycles. The van der Waals surface area contributed by atoms with Crippen molar-refractivity contribution in [2.24, 2.45) is 0 Å². The summed E-state index contributed by atoms with van der Waals surface area (Å²) in [5, 5.41) is 2.07. The highest BCUT2D eigenvalue weighted by molar-refractivity contribution is 5.69. The van der Waals surface area contributed by atoms with Crippen molar-refractivity contribution in [3.63, 3.8) is 0 Å². The van der Waals surface area contributed by atoms with Gasteiger partial charge in [0.15, 0.2) is 17.5 Å². The van der Waals surface area contributed by atoms with Gasteiger partial charge in [-0.2, -0.15) is 0 Å². The summed E-state index contributed by atoms with van der Waals surface area (Å²) in [5.41, 5.74) is 0. The molecule has 1 N–H and O–H groups in total. The fourth-order valence-corrected chi connectivity index (χ4v) is 0.749. The van der Waals surface area contributed by atoms with Crippen LogP contribution in [0.15, 0.2) is 12.1 Å². The van der Waals surface area contributed by atoms with Crippen LogP contribution in [0.25, 0.3) is 0 Å². The van der Waals surface area contributed by atoms with Crippen molar-refractivity contribution in [3.05, 3.63) is 29.6 Å². The maximum atomic E-state index is 12.6. The van der Waals surface area contributed by atoms with E-state index in [1.807, 2.05) is 0 Å². The van der Waals surface area contributed by atoms with Gasteiger partial charge in [-0.1, -0.05) is 0 Å². The van der Waals surface area contributed by atoms with Crippen molar-refractivity contribution >= 4 is 6.09 Å². The number of rotatable bonds is 1. The average Bonchev–Trinajstić information content (AvgIpc) is 2.14. The van der Waals surface area contributed by atoms with E-state index in [1.54, 1.807) is 0 Å². The molecule has 0 saturated carbocycles. The van der Waals surface area contributed by atoms with E-state index < -0.39 is 29.3 Å². The molecule has 0 spiro atoms. The highest BCUT2D eigenvalue weighted by Crippen LogP contribution is 2.19. The van der Waals surface area contributed by atoms with Gasteiger partial charge in [0.05, 0.1) is 0 Å². The average molecular weight is 205 g/mol. The third-order valence-corrected chi connectivity index (χ3v) is 1.37. The van der Waals surface area contributed by atoms with Crippen LogP contribution in [0, 0.1) is 17.5 Å². The zero-order chi connectivity index (χ0) is 10.7. The normalized spacial score (nSPS) is 9.71. The van der Waals surface area contributed by atoms with Gasteiger partial charge < -0.3 is 10.1 Å². The number of hydrogen-bond acceptors (Lipinski definition) is 2. The molecule has 0 saturated heterocycles. The van der Waals surface area contributed by atoms with E-state index in [1.165, 1.54) is 7.05 Å². The summed E-state index contributed by atoms with van der Waals surface area (Å²) in [4.78, 5) is 10.6. The summed E-state index contributed by atoms with van der Waals surface area (Å²) < 4.78 is 41.9. The molecule has 3 nitrogen and oxygen atoms in total. The van der Waals surface area contributed by atoms with E-state index in [4.69, 9.17) is 0 Å². The molecule has 1 amide bonds. The van der Waals surface area contributed by atoms with E-state index in [0.717, 1.165) is 0 Å². The van der Waals surface area contributed by atoms with E-state index in [2.05, 4.69) is 10.1 Å². The van der Waals surface area contributed by atoms with E-state index in [0.29, 0.717) is 12.1 Å². The first-order valence-corrected chi connectivity index (χ1v) is 3.58. The largest absolute Gasteiger partial charge is 0.412 e. The van der Waals surface area contributed by atoms with Gasteiger partial charge in [0.1, 0.15) is 5.75 Å². The highest BCUT2D eigenvalue weighted by atomic mass is 19.2. The highest BCUT2D eigenvalue weighted by Gasteiger charge is 2.12. The third-order valence-electron chi connectivity index (χ3n) is 1.37. The van der Waals surface area contributed by atoms with Crippen LogP contribution in [-0.4, -0.2) is 13.1 Å². The summed E-state index contributed by atoms with van der Waals surface area (Å²) in [7, 11) is 1.28. The number of carbonyl (C=O) groups is 1. The zero-order valence-electron chi connectivity index (χ0n) is 7.11. The molecule has 0 aromatic heterocycles. The first kappa shape index (κ1) is 10.4. The number of carbonyl (C=O) groups excluding carboxylic acids is 1. The first-order valence-electron chi connectivity index (χ1n) is 3.58. The maximum absolute atomic E-state index is 12.6. The van der Waals surface area contributed by atoms with Gasteiger partial charge in [0.2, 0.25) is 0 Å². The Kier molecular flexibility index (Phi) is 2.95. The second-order valence-electron chi connectivity index (χ2n) is 2.34. The number of ether oxygens (including phenoxy) is 1. The predicted octanol–water partition coefficient (Wildman–Crippen LogP) is 1.82. The molecule has 0 aliphatic heterocycles. The smallest absolute Gasteiger partial charge is 0.410 e. The summed E-state index contributed by atoms with van der Waals surface area (Å²) in [5.74, 6) is -4.83. The zero-order valence-corrected chi connectivity index (χ0v) is 7.11. The number of amides is 1. The Bertz CT molecular complexity index is 345. The lowest BCUT2D eigenvalue weighted by Gasteiger charge is -2.03. The van der Waals surface area contributed by atoms with Gasteiger partial charge in [-0.05, 0) is 0 Å². The number of benzene rings is 1. The predicted molar refractivity (Wildman–Crippen MR) is 41.4 cm³/mol. The summed E-state index contributed by atoms with van der Waals surface area (Å²) in [6.45, 7) is 0. The molecular weight excluding hydrogens is 199 g/mol. The Labute approximate surface area is 77.5 Å². The van der Waals surface area contributed by atoms with Gasteiger partial charge in [-0.15, -0.1) is 0 Å². The van der Waals surface area contributed by atoms with Crippen molar-refractivity contribution in [3.8, 4) is 5.75 Å². The minimum atomic E-state index is -1.60. The van der Waals surface area contributed by atoms with E-state index >= 15 is 0 Å². The minimum absolute atomic E-state index is 0.402. The quantitative estimate of drug-likeness (QED) is 0.710. The van der Waals surface area contributed by atoms with Crippen LogP contribution < -0.4 is 10.1 Å². The van der Waals surface area contributed by atoms with Crippen molar-refractivity contribution < 1.29 is 22.7 Å². The Morgan fingerprint density at radius 1 is 1.29 bits per heavy atom. The summed E-state index contributed by atoms with van der Waals surface area (Å²) >= 11 is 0. The molecule has 14 heavy (non-hydrogen) atoms. The molecule has 76 valence electrons. The Morgan fingerprint density at radius 2 is 1.79 bits per heavy atom. The number of nitrogens with one attached hydrogen (secondary N) is 1. The molecule has 0 fully saturated rings. The van der Waals surface area contributed by atoms with Crippen LogP contribution in [0.4, 0.5) is 18.0 Å². The van der Waals surface area contributed by atoms with E-state index in [9.17, 15) is 18.0 Å². The number of halogens is 3. The second-order valence-corrected chi connectivity index (χ2v) is 2.34. The van der Waals surface area contributed by atoms with Gasteiger partial charge in [-0.25, -0.2) is 18.0 Å². The van der Waals surface area contributed by atoms with Crippen molar-refractivity contribution in [2.75, 3.05) is 7.05 Å². The molecule has 0 unspecified atom stereocenters. The lowest BCUT2D eigenvalue weighted by molar-refractivity contribution is 0.202. The van der Waals surface area contributed by atoms with Crippen LogP contribution in [0.2, 0.25) is 0 Å². The standard InChI is InChI=1S/C8H6F3NO2/c1-12-8(13)14-4-2-5(9)7(11)6(10)3-4/h2-3H,1H3,(H,12,13). The Morgan fingerprint density at radius 3 is 2.21 bits per heavy atom. The van der Waals surface area contributed by atoms with Crippen LogP contribution in [0.3, 0.4) is 0 Å². The Hall–Kier alpha value is -1.72. The molecule has 1 aromatic rings. The van der Waals surface area contributed by atoms with Crippen LogP contribution in [0.1, 0.15) is 0 Å². The van der Waals surface area contributed by atoms with Crippen LogP contribution in [-0.2, 0) is 0 Å². The molecule has 6 heteroatoms. The summed E-state index contributed by atoms with van der Waals surface area (Å²) in [6, 6.07) is 1.15. The minimum Gasteiger partial charge on any atom is -0.410 e. The Balaban J connectivity index is 2.95. The fraction of sp³-hybridized carbons (Fsp3) is 0.125. The molecule has 0 bridgehead atoms. The van der Waals surface area contributed by atoms with Crippen molar-refractivity contribution in [1.82, 2.24) is 5.32 Å². The maximum Gasteiger partial charge on any atom is 0.412 e. The molecule has 0 aliphatic carbocycles. The number of hydrogen-bond donors (Lipinski definition) is 1. The topological polar surface area (TPSA) is 38.3 Å². The van der Waals surface area contributed by atoms with Crippen LogP contribution >= 0.6 is 0 Å².